The van der Waals surface area contributed by atoms with Crippen LogP contribution in [0, 0.1) is 5.92 Å². The maximum atomic E-state index is 13.6. The predicted molar refractivity (Wildman–Crippen MR) is 114 cm³/mol. The predicted octanol–water partition coefficient (Wildman–Crippen LogP) is 2.05. The summed E-state index contributed by atoms with van der Waals surface area (Å²) in [5, 5.41) is 6.30. The van der Waals surface area contributed by atoms with Crippen molar-refractivity contribution in [3.63, 3.8) is 0 Å². The monoisotopic (exact) mass is 416 g/mol. The second-order valence-electron chi connectivity index (χ2n) is 7.56. The number of thiazole rings is 1. The Morgan fingerprint density at radius 3 is 2.76 bits per heavy atom. The molecule has 8 heteroatoms. The van der Waals surface area contributed by atoms with Crippen molar-refractivity contribution in [1.29, 1.82) is 0 Å². The van der Waals surface area contributed by atoms with Crippen molar-refractivity contribution in [1.82, 2.24) is 15.6 Å². The molecule has 2 heterocycles. The molecule has 1 unspecified atom stereocenters. The van der Waals surface area contributed by atoms with Crippen molar-refractivity contribution in [2.45, 2.75) is 44.6 Å². The molecule has 2 aromatic rings. The zero-order valence-electron chi connectivity index (χ0n) is 16.7. The van der Waals surface area contributed by atoms with E-state index >= 15 is 0 Å². The quantitative estimate of drug-likeness (QED) is 0.327. The molecule has 3 rings (SSSR count). The number of fused-ring (bicyclic) bond motifs is 1. The molecule has 1 fully saturated rings. The van der Waals surface area contributed by atoms with Gasteiger partial charge in [0.15, 0.2) is 16.3 Å². The number of rotatable bonds is 9. The molecule has 4 N–H and O–H groups in total. The van der Waals surface area contributed by atoms with Gasteiger partial charge in [-0.3, -0.25) is 14.4 Å². The number of carbonyl (C=O) groups excluding carboxylic acids is 3. The van der Waals surface area contributed by atoms with Crippen molar-refractivity contribution in [3.8, 4) is 0 Å². The lowest BCUT2D eigenvalue weighted by Crippen LogP contribution is -2.61. The first-order valence-corrected chi connectivity index (χ1v) is 10.9. The maximum Gasteiger partial charge on any atom is 0.225 e. The fraction of sp³-hybridized carbons (Fsp3) is 0.524. The van der Waals surface area contributed by atoms with E-state index in [9.17, 15) is 14.4 Å². The number of unbranched alkanes of at least 4 members (excludes halogenated alkanes) is 1. The van der Waals surface area contributed by atoms with E-state index in [1.54, 1.807) is 0 Å². The average molecular weight is 417 g/mol. The Labute approximate surface area is 174 Å². The van der Waals surface area contributed by atoms with Gasteiger partial charge in [0.1, 0.15) is 0 Å². The van der Waals surface area contributed by atoms with Crippen LogP contribution in [0.15, 0.2) is 24.3 Å². The molecular formula is C21H28N4O3S. The summed E-state index contributed by atoms with van der Waals surface area (Å²) in [6, 6.07) is 7.46. The summed E-state index contributed by atoms with van der Waals surface area (Å²) in [6.45, 7) is 3.26. The van der Waals surface area contributed by atoms with Crippen LogP contribution in [0.5, 0.6) is 0 Å². The van der Waals surface area contributed by atoms with Crippen LogP contribution in [-0.4, -0.2) is 47.6 Å². The highest BCUT2D eigenvalue weighted by molar-refractivity contribution is 7.20. The Morgan fingerprint density at radius 1 is 1.31 bits per heavy atom. The first kappa shape index (κ1) is 21.5. The number of para-hydroxylation sites is 1. The van der Waals surface area contributed by atoms with E-state index < -0.39 is 11.3 Å². The third kappa shape index (κ3) is 4.71. The van der Waals surface area contributed by atoms with E-state index in [-0.39, 0.29) is 29.0 Å². The largest absolute Gasteiger partial charge is 0.337 e. The Hall–Kier alpha value is -2.16. The van der Waals surface area contributed by atoms with Crippen LogP contribution in [-0.2, 0) is 9.59 Å². The summed E-state index contributed by atoms with van der Waals surface area (Å²) < 4.78 is 0.873. The lowest BCUT2D eigenvalue weighted by Gasteiger charge is -2.33. The first-order valence-electron chi connectivity index (χ1n) is 10.1. The Kier molecular flexibility index (Phi) is 7.10. The number of nitrogens with two attached hydrogens (primary N) is 1. The summed E-state index contributed by atoms with van der Waals surface area (Å²) in [5.41, 5.74) is 4.73. The minimum absolute atomic E-state index is 0.222. The lowest BCUT2D eigenvalue weighted by atomic mass is 9.83. The number of Topliss-reactive ketones (excluding diaryl/α,β-unsaturated/α-hetero) is 2. The van der Waals surface area contributed by atoms with Gasteiger partial charge < -0.3 is 16.4 Å². The molecule has 7 nitrogen and oxygen atoms in total. The van der Waals surface area contributed by atoms with E-state index in [4.69, 9.17) is 5.73 Å². The molecule has 0 spiro atoms. The third-order valence-corrected chi connectivity index (χ3v) is 6.52. The van der Waals surface area contributed by atoms with Gasteiger partial charge >= 0.3 is 0 Å². The molecule has 1 aromatic heterocycles. The molecule has 1 aromatic carbocycles. The second-order valence-corrected chi connectivity index (χ2v) is 8.59. The zero-order chi connectivity index (χ0) is 20.9. The second kappa shape index (κ2) is 9.56. The number of hydrogen-bond acceptors (Lipinski definition) is 7. The molecule has 0 saturated carbocycles. The van der Waals surface area contributed by atoms with Gasteiger partial charge in [0.2, 0.25) is 11.7 Å². The van der Waals surface area contributed by atoms with Crippen molar-refractivity contribution in [3.05, 3.63) is 29.3 Å². The fourth-order valence-electron chi connectivity index (χ4n) is 3.73. The van der Waals surface area contributed by atoms with Gasteiger partial charge in [-0.25, -0.2) is 4.98 Å². The number of aromatic nitrogens is 1. The zero-order valence-corrected chi connectivity index (χ0v) is 17.5. The smallest absolute Gasteiger partial charge is 0.225 e. The molecule has 0 radical (unpaired) electrons. The molecule has 0 aliphatic carbocycles. The highest BCUT2D eigenvalue weighted by atomic mass is 32.1. The SMILES string of the molecule is CC(=O)[C@](CCCCN)(NC(=O)C1CCCNC1)C(=O)c1nc2ccccc2s1. The average Bonchev–Trinajstić information content (AvgIpc) is 3.17. The van der Waals surface area contributed by atoms with Gasteiger partial charge in [-0.05, 0) is 64.3 Å². The minimum atomic E-state index is -1.60. The van der Waals surface area contributed by atoms with Crippen molar-refractivity contribution in [2.24, 2.45) is 11.7 Å². The number of ketones is 2. The number of hydrogen-bond donors (Lipinski definition) is 3. The summed E-state index contributed by atoms with van der Waals surface area (Å²) in [6.07, 6.45) is 3.09. The first-order chi connectivity index (χ1) is 14.0. The third-order valence-electron chi connectivity index (χ3n) is 5.49. The molecule has 2 atom stereocenters. The van der Waals surface area contributed by atoms with Gasteiger partial charge in [-0.1, -0.05) is 12.1 Å². The van der Waals surface area contributed by atoms with Gasteiger partial charge in [-0.2, -0.15) is 0 Å². The summed E-state index contributed by atoms with van der Waals surface area (Å²) in [5.74, 6) is -1.30. The van der Waals surface area contributed by atoms with Gasteiger partial charge in [0.25, 0.3) is 0 Å². The highest BCUT2D eigenvalue weighted by Crippen LogP contribution is 2.29. The summed E-state index contributed by atoms with van der Waals surface area (Å²) >= 11 is 1.25. The van der Waals surface area contributed by atoms with Crippen molar-refractivity contribution in [2.75, 3.05) is 19.6 Å². The lowest BCUT2D eigenvalue weighted by molar-refractivity contribution is -0.132. The van der Waals surface area contributed by atoms with Gasteiger partial charge in [0.05, 0.1) is 16.1 Å². The Bertz CT molecular complexity index is 858. The van der Waals surface area contributed by atoms with Crippen LogP contribution in [0.3, 0.4) is 0 Å². The van der Waals surface area contributed by atoms with Gasteiger partial charge in [-0.15, -0.1) is 11.3 Å². The number of nitrogens with one attached hydrogen (secondary N) is 2. The van der Waals surface area contributed by atoms with Crippen LogP contribution < -0.4 is 16.4 Å². The van der Waals surface area contributed by atoms with E-state index in [1.165, 1.54) is 18.3 Å². The number of amides is 1. The molecule has 1 aliphatic rings. The molecule has 1 saturated heterocycles. The highest BCUT2D eigenvalue weighted by Gasteiger charge is 2.46. The molecule has 156 valence electrons. The van der Waals surface area contributed by atoms with Crippen molar-refractivity contribution >= 4 is 39.0 Å². The molecule has 1 amide bonds. The van der Waals surface area contributed by atoms with Crippen LogP contribution in [0.2, 0.25) is 0 Å². The Balaban J connectivity index is 1.94. The van der Waals surface area contributed by atoms with Crippen LogP contribution in [0.25, 0.3) is 10.2 Å². The van der Waals surface area contributed by atoms with Crippen LogP contribution in [0.1, 0.15) is 48.8 Å². The number of nitrogens with zero attached hydrogens (tertiary/aromatic N) is 1. The summed E-state index contributed by atoms with van der Waals surface area (Å²) in [4.78, 5) is 43.8. The number of carbonyl (C=O) groups is 3. The molecular weight excluding hydrogens is 388 g/mol. The van der Waals surface area contributed by atoms with E-state index in [2.05, 4.69) is 15.6 Å². The number of benzene rings is 1. The maximum absolute atomic E-state index is 13.6. The summed E-state index contributed by atoms with van der Waals surface area (Å²) in [7, 11) is 0. The van der Waals surface area contributed by atoms with E-state index in [1.807, 2.05) is 24.3 Å². The molecule has 0 bridgehead atoms. The topological polar surface area (TPSA) is 114 Å². The molecule has 29 heavy (non-hydrogen) atoms. The minimum Gasteiger partial charge on any atom is -0.337 e. The number of piperidine rings is 1. The van der Waals surface area contributed by atoms with Crippen LogP contribution >= 0.6 is 11.3 Å². The fourth-order valence-corrected chi connectivity index (χ4v) is 4.72. The van der Waals surface area contributed by atoms with E-state index in [0.717, 1.165) is 24.1 Å². The standard InChI is InChI=1S/C21H28N4O3S/c1-14(26)21(10-4-5-11-22,25-19(28)15-7-6-12-23-13-15)18(27)20-24-16-8-2-3-9-17(16)29-20/h2-3,8-9,15,23H,4-7,10-13,22H2,1H3,(H,25,28)/t15?,21-/m0/s1. The van der Waals surface area contributed by atoms with Crippen molar-refractivity contribution < 1.29 is 14.4 Å². The van der Waals surface area contributed by atoms with Gasteiger partial charge in [0, 0.05) is 6.54 Å². The normalized spacial score (nSPS) is 18.9. The van der Waals surface area contributed by atoms with Crippen LogP contribution in [0.4, 0.5) is 0 Å². The van der Waals surface area contributed by atoms with E-state index in [0.29, 0.717) is 31.4 Å². The Morgan fingerprint density at radius 2 is 2.10 bits per heavy atom. The molecule has 1 aliphatic heterocycles.